The zero-order valence-electron chi connectivity index (χ0n) is 18.7. The molecule has 0 amide bonds. The maximum atomic E-state index is 11.6. The van der Waals surface area contributed by atoms with Crippen molar-refractivity contribution in [3.8, 4) is 6.07 Å². The Hall–Kier alpha value is -3.48. The number of hydrogen-bond donors (Lipinski definition) is 2. The number of pyridine rings is 1. The number of ether oxygens (including phenoxy) is 1. The third-order valence-corrected chi connectivity index (χ3v) is 5.99. The van der Waals surface area contributed by atoms with Gasteiger partial charge in [-0.25, -0.2) is 19.7 Å². The lowest BCUT2D eigenvalue weighted by atomic mass is 9.96. The third kappa shape index (κ3) is 4.27. The van der Waals surface area contributed by atoms with Gasteiger partial charge in [-0.3, -0.25) is 0 Å². The zero-order valence-corrected chi connectivity index (χ0v) is 19.4. The molecule has 1 fully saturated rings. The topological polar surface area (TPSA) is 124 Å². The molecule has 3 aromatic rings. The molecule has 0 spiro atoms. The van der Waals surface area contributed by atoms with Crippen LogP contribution in [0, 0.1) is 18.3 Å². The van der Waals surface area contributed by atoms with E-state index in [-0.39, 0.29) is 28.2 Å². The van der Waals surface area contributed by atoms with Gasteiger partial charge in [-0.15, -0.1) is 0 Å². The lowest BCUT2D eigenvalue weighted by Gasteiger charge is -2.47. The molecule has 0 radical (unpaired) electrons. The molecule has 1 aliphatic rings. The van der Waals surface area contributed by atoms with Gasteiger partial charge >= 0.3 is 5.97 Å². The van der Waals surface area contributed by atoms with Gasteiger partial charge in [-0.2, -0.15) is 5.26 Å². The molecule has 1 aromatic carbocycles. The molecule has 33 heavy (non-hydrogen) atoms. The van der Waals surface area contributed by atoms with Crippen LogP contribution in [-0.4, -0.2) is 51.8 Å². The van der Waals surface area contributed by atoms with Gasteiger partial charge in [-0.05, 0) is 44.5 Å². The Morgan fingerprint density at radius 1 is 1.33 bits per heavy atom. The molecule has 1 aliphatic heterocycles. The largest absolute Gasteiger partial charge is 0.476 e. The fourth-order valence-electron chi connectivity index (χ4n) is 4.01. The number of aromatic carboxylic acids is 1. The molecule has 1 atom stereocenters. The summed E-state index contributed by atoms with van der Waals surface area (Å²) in [5, 5.41) is 22.5. The van der Waals surface area contributed by atoms with Gasteiger partial charge in [0.05, 0.1) is 41.5 Å². The minimum absolute atomic E-state index is 0.101. The lowest BCUT2D eigenvalue weighted by molar-refractivity contribution is -0.0171. The number of fused-ring (bicyclic) bond motifs is 1. The van der Waals surface area contributed by atoms with E-state index in [1.165, 1.54) is 6.07 Å². The summed E-state index contributed by atoms with van der Waals surface area (Å²) in [7, 11) is 1.67. The Balaban J connectivity index is 1.77. The van der Waals surface area contributed by atoms with E-state index in [2.05, 4.69) is 21.4 Å². The van der Waals surface area contributed by atoms with Gasteiger partial charge in [-0.1, -0.05) is 17.7 Å². The number of halogens is 1. The number of carboxylic acids is 1. The van der Waals surface area contributed by atoms with Crippen LogP contribution in [0.4, 0.5) is 11.5 Å². The standard InChI is InChI=1S/C23H23ClN6O3/c1-12-7-14(13(2)26-15-5-6-18(24)28-20(15)22(31)32)19-16(8-12)27-17(9-25)21(29-19)30-10-23(3,11-30)33-4/h5-8,13,26H,10-11H2,1-4H3,(H,31,32)/t13-/m1/s1. The first-order valence-electron chi connectivity index (χ1n) is 10.3. The van der Waals surface area contributed by atoms with Gasteiger partial charge in [0.1, 0.15) is 11.2 Å². The first-order chi connectivity index (χ1) is 15.6. The fraction of sp³-hybridized carbons (Fsp3) is 0.348. The van der Waals surface area contributed by atoms with Crippen LogP contribution in [0.15, 0.2) is 24.3 Å². The molecular formula is C23H23ClN6O3. The molecule has 10 heteroatoms. The summed E-state index contributed by atoms with van der Waals surface area (Å²) in [6.07, 6.45) is 0. The van der Waals surface area contributed by atoms with Crippen LogP contribution in [0.3, 0.4) is 0 Å². The summed E-state index contributed by atoms with van der Waals surface area (Å²) >= 11 is 5.88. The Morgan fingerprint density at radius 3 is 2.70 bits per heavy atom. The molecule has 0 bridgehead atoms. The Kier molecular flexibility index (Phi) is 5.82. The smallest absolute Gasteiger partial charge is 0.356 e. The molecule has 9 nitrogen and oxygen atoms in total. The molecule has 2 aromatic heterocycles. The van der Waals surface area contributed by atoms with Crippen molar-refractivity contribution in [1.29, 1.82) is 5.26 Å². The van der Waals surface area contributed by atoms with Crippen LogP contribution in [0.25, 0.3) is 11.0 Å². The molecule has 4 rings (SSSR count). The van der Waals surface area contributed by atoms with Crippen molar-refractivity contribution < 1.29 is 14.6 Å². The molecule has 1 saturated heterocycles. The SMILES string of the molecule is COC1(C)CN(c2nc3c([C@@H](C)Nc4ccc(Cl)nc4C(=O)O)cc(C)cc3nc2C#N)C1. The van der Waals surface area contributed by atoms with Gasteiger partial charge in [0, 0.05) is 12.7 Å². The van der Waals surface area contributed by atoms with E-state index >= 15 is 0 Å². The van der Waals surface area contributed by atoms with E-state index in [1.54, 1.807) is 13.2 Å². The van der Waals surface area contributed by atoms with Gasteiger partial charge in [0.2, 0.25) is 0 Å². The minimum Gasteiger partial charge on any atom is -0.476 e. The number of nitrogens with one attached hydrogen (secondary N) is 1. The summed E-state index contributed by atoms with van der Waals surface area (Å²) < 4.78 is 5.52. The van der Waals surface area contributed by atoms with Crippen molar-refractivity contribution in [1.82, 2.24) is 15.0 Å². The van der Waals surface area contributed by atoms with E-state index in [1.807, 2.05) is 37.8 Å². The second kappa shape index (κ2) is 8.46. The Labute approximate surface area is 196 Å². The fourth-order valence-corrected chi connectivity index (χ4v) is 4.16. The van der Waals surface area contributed by atoms with Crippen molar-refractivity contribution in [3.63, 3.8) is 0 Å². The molecule has 0 unspecified atom stereocenters. The van der Waals surface area contributed by atoms with Gasteiger partial charge < -0.3 is 20.1 Å². The Bertz CT molecular complexity index is 1300. The summed E-state index contributed by atoms with van der Waals surface area (Å²) in [6.45, 7) is 7.05. The van der Waals surface area contributed by atoms with E-state index in [9.17, 15) is 15.2 Å². The van der Waals surface area contributed by atoms with E-state index in [0.717, 1.165) is 11.1 Å². The highest BCUT2D eigenvalue weighted by Crippen LogP contribution is 2.34. The number of benzene rings is 1. The molecule has 2 N–H and O–H groups in total. The maximum Gasteiger partial charge on any atom is 0.356 e. The third-order valence-electron chi connectivity index (χ3n) is 5.78. The first-order valence-corrected chi connectivity index (χ1v) is 10.7. The van der Waals surface area contributed by atoms with Crippen LogP contribution in [0.5, 0.6) is 0 Å². The average molecular weight is 467 g/mol. The molecular weight excluding hydrogens is 444 g/mol. The first kappa shape index (κ1) is 22.7. The van der Waals surface area contributed by atoms with Gasteiger partial charge in [0.15, 0.2) is 17.2 Å². The maximum absolute atomic E-state index is 11.6. The molecule has 170 valence electrons. The number of aromatic nitrogens is 3. The molecule has 0 aliphatic carbocycles. The number of carbonyl (C=O) groups is 1. The van der Waals surface area contributed by atoms with Crippen molar-refractivity contribution >= 4 is 40.1 Å². The van der Waals surface area contributed by atoms with Crippen molar-refractivity contribution in [2.75, 3.05) is 30.4 Å². The highest BCUT2D eigenvalue weighted by Gasteiger charge is 2.41. The minimum atomic E-state index is -1.18. The summed E-state index contributed by atoms with van der Waals surface area (Å²) in [5.74, 6) is -0.669. The number of carboxylic acid groups (broad SMARTS) is 1. The van der Waals surface area contributed by atoms with Gasteiger partial charge in [0.25, 0.3) is 0 Å². The van der Waals surface area contributed by atoms with Crippen LogP contribution >= 0.6 is 11.6 Å². The van der Waals surface area contributed by atoms with Crippen molar-refractivity contribution in [2.24, 2.45) is 0 Å². The quantitative estimate of drug-likeness (QED) is 0.519. The summed E-state index contributed by atoms with van der Waals surface area (Å²) in [5.41, 5.74) is 3.15. The summed E-state index contributed by atoms with van der Waals surface area (Å²) in [6, 6.07) is 8.80. The number of hydrogen-bond acceptors (Lipinski definition) is 8. The number of nitriles is 1. The van der Waals surface area contributed by atoms with E-state index < -0.39 is 5.97 Å². The number of aryl methyl sites for hydroxylation is 1. The molecule has 3 heterocycles. The number of anilines is 2. The van der Waals surface area contributed by atoms with Crippen molar-refractivity contribution in [3.05, 3.63) is 51.9 Å². The lowest BCUT2D eigenvalue weighted by Crippen LogP contribution is -2.61. The van der Waals surface area contributed by atoms with Crippen LogP contribution in [-0.2, 0) is 4.74 Å². The zero-order chi connectivity index (χ0) is 23.9. The highest BCUT2D eigenvalue weighted by atomic mass is 35.5. The predicted octanol–water partition coefficient (Wildman–Crippen LogP) is 3.95. The highest BCUT2D eigenvalue weighted by molar-refractivity contribution is 6.29. The normalized spacial score (nSPS) is 15.6. The van der Waals surface area contributed by atoms with Crippen LogP contribution in [0.2, 0.25) is 5.15 Å². The summed E-state index contributed by atoms with van der Waals surface area (Å²) in [4.78, 5) is 26.9. The van der Waals surface area contributed by atoms with Crippen molar-refractivity contribution in [2.45, 2.75) is 32.4 Å². The second-order valence-corrected chi connectivity index (χ2v) is 8.83. The average Bonchev–Trinajstić information content (AvgIpc) is 2.76. The second-order valence-electron chi connectivity index (χ2n) is 8.44. The van der Waals surface area contributed by atoms with E-state index in [4.69, 9.17) is 21.3 Å². The Morgan fingerprint density at radius 2 is 2.06 bits per heavy atom. The number of nitrogens with zero attached hydrogens (tertiary/aromatic N) is 5. The molecule has 0 saturated carbocycles. The monoisotopic (exact) mass is 466 g/mol. The van der Waals surface area contributed by atoms with Crippen LogP contribution < -0.4 is 10.2 Å². The predicted molar refractivity (Wildman–Crippen MR) is 125 cm³/mol. The number of rotatable bonds is 6. The number of methoxy groups -OCH3 is 1. The van der Waals surface area contributed by atoms with Crippen LogP contribution in [0.1, 0.15) is 47.2 Å². The van der Waals surface area contributed by atoms with E-state index in [0.29, 0.717) is 35.6 Å².